The molecule has 0 aromatic heterocycles. The topological polar surface area (TPSA) is 55.4 Å². The highest BCUT2D eigenvalue weighted by Crippen LogP contribution is 2.36. The average molecular weight is 211 g/mol. The van der Waals surface area contributed by atoms with Gasteiger partial charge in [-0.2, -0.15) is 0 Å². The second-order valence-electron chi connectivity index (χ2n) is 4.53. The summed E-state index contributed by atoms with van der Waals surface area (Å²) in [6.07, 6.45) is 4.34. The number of rotatable bonds is 2. The molecule has 1 saturated carbocycles. The second-order valence-corrected chi connectivity index (χ2v) is 4.53. The van der Waals surface area contributed by atoms with Crippen LogP contribution >= 0.6 is 0 Å². The molecule has 0 aromatic rings. The van der Waals surface area contributed by atoms with E-state index in [2.05, 4.69) is 10.1 Å². The van der Waals surface area contributed by atoms with Crippen molar-refractivity contribution in [3.63, 3.8) is 0 Å². The number of hydrogen-bond donors (Lipinski definition) is 1. The summed E-state index contributed by atoms with van der Waals surface area (Å²) < 4.78 is 4.68. The Morgan fingerprint density at radius 3 is 3.07 bits per heavy atom. The van der Waals surface area contributed by atoms with Gasteiger partial charge in [0.2, 0.25) is 5.91 Å². The van der Waals surface area contributed by atoms with Crippen molar-refractivity contribution in [2.24, 2.45) is 11.8 Å². The van der Waals surface area contributed by atoms with E-state index in [0.29, 0.717) is 18.8 Å². The number of methoxy groups -OCH3 is 1. The zero-order valence-corrected chi connectivity index (χ0v) is 8.99. The second kappa shape index (κ2) is 4.21. The molecule has 0 aromatic carbocycles. The summed E-state index contributed by atoms with van der Waals surface area (Å²) in [5.74, 6) is 0.701. The first-order valence-corrected chi connectivity index (χ1v) is 5.57. The molecule has 3 atom stereocenters. The molecule has 2 rings (SSSR count). The molecule has 1 N–H and O–H groups in total. The first-order valence-electron chi connectivity index (χ1n) is 5.57. The van der Waals surface area contributed by atoms with Crippen LogP contribution in [0.15, 0.2) is 0 Å². The SMILES string of the molecule is COC(=O)CC1CCCC2CC(=O)NC21. The minimum absolute atomic E-state index is 0.141. The average Bonchev–Trinajstić information content (AvgIpc) is 2.59. The minimum Gasteiger partial charge on any atom is -0.469 e. The number of carbonyl (C=O) groups excluding carboxylic acids is 2. The summed E-state index contributed by atoms with van der Waals surface area (Å²) in [6.45, 7) is 0. The van der Waals surface area contributed by atoms with E-state index in [0.717, 1.165) is 19.3 Å². The Morgan fingerprint density at radius 1 is 1.53 bits per heavy atom. The summed E-state index contributed by atoms with van der Waals surface area (Å²) in [6, 6.07) is 0.213. The van der Waals surface area contributed by atoms with E-state index in [1.54, 1.807) is 0 Å². The van der Waals surface area contributed by atoms with Crippen molar-refractivity contribution in [1.29, 1.82) is 0 Å². The maximum atomic E-state index is 11.3. The zero-order valence-electron chi connectivity index (χ0n) is 8.99. The van der Waals surface area contributed by atoms with Crippen LogP contribution in [0.1, 0.15) is 32.1 Å². The van der Waals surface area contributed by atoms with Gasteiger partial charge in [-0.25, -0.2) is 0 Å². The standard InChI is InChI=1S/C11H17NO3/c1-15-10(14)6-8-4-2-3-7-5-9(13)12-11(7)8/h7-8,11H,2-6H2,1H3,(H,12,13). The molecule has 1 amide bonds. The Bertz CT molecular complexity index is 277. The molecular formula is C11H17NO3. The highest BCUT2D eigenvalue weighted by atomic mass is 16.5. The van der Waals surface area contributed by atoms with E-state index < -0.39 is 0 Å². The largest absolute Gasteiger partial charge is 0.469 e. The smallest absolute Gasteiger partial charge is 0.305 e. The van der Waals surface area contributed by atoms with Gasteiger partial charge < -0.3 is 10.1 Å². The first-order chi connectivity index (χ1) is 7.20. The predicted molar refractivity (Wildman–Crippen MR) is 54.0 cm³/mol. The number of nitrogens with one attached hydrogen (secondary N) is 1. The van der Waals surface area contributed by atoms with E-state index in [-0.39, 0.29) is 23.8 Å². The molecule has 0 radical (unpaired) electrons. The van der Waals surface area contributed by atoms with Crippen LogP contribution in [-0.4, -0.2) is 25.0 Å². The molecule has 84 valence electrons. The Balaban J connectivity index is 1.99. The Morgan fingerprint density at radius 2 is 2.33 bits per heavy atom. The summed E-state index contributed by atoms with van der Waals surface area (Å²) in [5.41, 5.74) is 0. The number of carbonyl (C=O) groups is 2. The normalized spacial score (nSPS) is 34.5. The lowest BCUT2D eigenvalue weighted by Crippen LogP contribution is -2.40. The van der Waals surface area contributed by atoms with Crippen molar-refractivity contribution < 1.29 is 14.3 Å². The third-order valence-electron chi connectivity index (χ3n) is 3.60. The molecule has 4 nitrogen and oxygen atoms in total. The van der Waals surface area contributed by atoms with Crippen LogP contribution < -0.4 is 5.32 Å². The van der Waals surface area contributed by atoms with Crippen molar-refractivity contribution in [2.75, 3.05) is 7.11 Å². The highest BCUT2D eigenvalue weighted by molar-refractivity contribution is 5.79. The summed E-state index contributed by atoms with van der Waals surface area (Å²) in [5, 5.41) is 2.99. The van der Waals surface area contributed by atoms with Crippen LogP contribution in [0.5, 0.6) is 0 Å². The van der Waals surface area contributed by atoms with Crippen molar-refractivity contribution >= 4 is 11.9 Å². The fourth-order valence-corrected chi connectivity index (χ4v) is 2.86. The van der Waals surface area contributed by atoms with Gasteiger partial charge in [0, 0.05) is 12.5 Å². The van der Waals surface area contributed by atoms with Crippen molar-refractivity contribution in [1.82, 2.24) is 5.32 Å². The van der Waals surface area contributed by atoms with Crippen LogP contribution in [0.3, 0.4) is 0 Å². The van der Waals surface area contributed by atoms with E-state index in [9.17, 15) is 9.59 Å². The third-order valence-corrected chi connectivity index (χ3v) is 3.60. The molecule has 2 fully saturated rings. The maximum Gasteiger partial charge on any atom is 0.305 e. The first kappa shape index (κ1) is 10.5. The molecule has 0 spiro atoms. The highest BCUT2D eigenvalue weighted by Gasteiger charge is 2.40. The van der Waals surface area contributed by atoms with Crippen LogP contribution in [0.2, 0.25) is 0 Å². The Kier molecular flexibility index (Phi) is 2.93. The molecule has 15 heavy (non-hydrogen) atoms. The number of amides is 1. The van der Waals surface area contributed by atoms with E-state index in [1.807, 2.05) is 0 Å². The van der Waals surface area contributed by atoms with Crippen LogP contribution in [-0.2, 0) is 14.3 Å². The van der Waals surface area contributed by atoms with Gasteiger partial charge in [-0.15, -0.1) is 0 Å². The van der Waals surface area contributed by atoms with Gasteiger partial charge >= 0.3 is 5.97 Å². The fourth-order valence-electron chi connectivity index (χ4n) is 2.86. The number of esters is 1. The number of hydrogen-bond acceptors (Lipinski definition) is 3. The molecule has 1 heterocycles. The summed E-state index contributed by atoms with van der Waals surface area (Å²) >= 11 is 0. The molecular weight excluding hydrogens is 194 g/mol. The summed E-state index contributed by atoms with van der Waals surface area (Å²) in [7, 11) is 1.41. The molecule has 1 saturated heterocycles. The van der Waals surface area contributed by atoms with Crippen molar-refractivity contribution in [3.8, 4) is 0 Å². The monoisotopic (exact) mass is 211 g/mol. The van der Waals surface area contributed by atoms with Crippen molar-refractivity contribution in [3.05, 3.63) is 0 Å². The Labute approximate surface area is 89.4 Å². The fraction of sp³-hybridized carbons (Fsp3) is 0.818. The quantitative estimate of drug-likeness (QED) is 0.689. The lowest BCUT2D eigenvalue weighted by Gasteiger charge is -2.32. The summed E-state index contributed by atoms with van der Waals surface area (Å²) in [4.78, 5) is 22.5. The lowest BCUT2D eigenvalue weighted by molar-refractivity contribution is -0.142. The maximum absolute atomic E-state index is 11.3. The van der Waals surface area contributed by atoms with E-state index in [1.165, 1.54) is 7.11 Å². The van der Waals surface area contributed by atoms with Gasteiger partial charge in [0.25, 0.3) is 0 Å². The van der Waals surface area contributed by atoms with Crippen LogP contribution in [0.25, 0.3) is 0 Å². The molecule has 2 aliphatic rings. The molecule has 3 unspecified atom stereocenters. The van der Waals surface area contributed by atoms with Crippen LogP contribution in [0, 0.1) is 11.8 Å². The van der Waals surface area contributed by atoms with Gasteiger partial charge in [-0.3, -0.25) is 9.59 Å². The third kappa shape index (κ3) is 2.13. The van der Waals surface area contributed by atoms with Gasteiger partial charge in [0.1, 0.15) is 0 Å². The van der Waals surface area contributed by atoms with Gasteiger partial charge in [-0.1, -0.05) is 6.42 Å². The zero-order chi connectivity index (χ0) is 10.8. The van der Waals surface area contributed by atoms with Crippen molar-refractivity contribution in [2.45, 2.75) is 38.1 Å². The molecule has 0 bridgehead atoms. The van der Waals surface area contributed by atoms with Gasteiger partial charge in [0.15, 0.2) is 0 Å². The molecule has 1 aliphatic carbocycles. The molecule has 4 heteroatoms. The van der Waals surface area contributed by atoms with E-state index in [4.69, 9.17) is 0 Å². The minimum atomic E-state index is -0.165. The number of fused-ring (bicyclic) bond motifs is 1. The number of ether oxygens (including phenoxy) is 1. The predicted octanol–water partition coefficient (Wildman–Crippen LogP) is 0.854. The Hall–Kier alpha value is -1.06. The van der Waals surface area contributed by atoms with Gasteiger partial charge in [-0.05, 0) is 24.7 Å². The lowest BCUT2D eigenvalue weighted by atomic mass is 9.76. The van der Waals surface area contributed by atoms with Crippen LogP contribution in [0.4, 0.5) is 0 Å². The molecule has 1 aliphatic heterocycles. The van der Waals surface area contributed by atoms with E-state index >= 15 is 0 Å². The van der Waals surface area contributed by atoms with Gasteiger partial charge in [0.05, 0.1) is 13.5 Å².